The fraction of sp³-hybridized carbons (Fsp3) is 0.647. The molecule has 19 heavy (non-hydrogen) atoms. The van der Waals surface area contributed by atoms with Crippen LogP contribution in [0.25, 0.3) is 0 Å². The molecule has 3 rings (SSSR count). The van der Waals surface area contributed by atoms with Gasteiger partial charge in [-0.05, 0) is 50.2 Å². The minimum Gasteiger partial charge on any atom is -0.368 e. The van der Waals surface area contributed by atoms with Crippen molar-refractivity contribution in [3.63, 3.8) is 0 Å². The average molecular weight is 278 g/mol. The first-order valence-corrected chi connectivity index (χ1v) is 8.25. The zero-order chi connectivity index (χ0) is 13.2. The van der Waals surface area contributed by atoms with Gasteiger partial charge in [0, 0.05) is 24.2 Å². The van der Waals surface area contributed by atoms with Gasteiger partial charge in [-0.15, -0.1) is 11.6 Å². The van der Waals surface area contributed by atoms with Gasteiger partial charge in [0.15, 0.2) is 0 Å². The molecule has 104 valence electrons. The van der Waals surface area contributed by atoms with Crippen LogP contribution in [-0.2, 0) is 5.88 Å². The Bertz CT molecular complexity index is 441. The number of hydrogen-bond donors (Lipinski definition) is 0. The lowest BCUT2D eigenvalue weighted by atomic mass is 9.78. The van der Waals surface area contributed by atoms with Crippen LogP contribution in [0.4, 0.5) is 5.69 Å². The molecule has 1 aromatic carbocycles. The van der Waals surface area contributed by atoms with E-state index in [2.05, 4.69) is 30.0 Å². The van der Waals surface area contributed by atoms with Gasteiger partial charge in [-0.25, -0.2) is 0 Å². The standard InChI is InChI=1S/C17H24ClN/c1-13-8-9-17(15(11-13)12-18)19-10-4-6-14-5-2-3-7-16(14)19/h8-9,11,14,16H,2-7,10,12H2,1H3. The Morgan fingerprint density at radius 1 is 1.16 bits per heavy atom. The summed E-state index contributed by atoms with van der Waals surface area (Å²) in [6.07, 6.45) is 8.43. The third-order valence-electron chi connectivity index (χ3n) is 4.93. The molecular weight excluding hydrogens is 254 g/mol. The molecule has 2 atom stereocenters. The predicted octanol–water partition coefficient (Wildman–Crippen LogP) is 4.89. The van der Waals surface area contributed by atoms with E-state index in [4.69, 9.17) is 11.6 Å². The summed E-state index contributed by atoms with van der Waals surface area (Å²) < 4.78 is 0. The molecule has 0 N–H and O–H groups in total. The molecule has 1 heterocycles. The minimum atomic E-state index is 0.630. The van der Waals surface area contributed by atoms with Crippen molar-refractivity contribution in [3.05, 3.63) is 29.3 Å². The number of anilines is 1. The lowest BCUT2D eigenvalue weighted by molar-refractivity contribution is 0.243. The summed E-state index contributed by atoms with van der Waals surface area (Å²) in [5.74, 6) is 1.55. The van der Waals surface area contributed by atoms with Crippen LogP contribution in [0.1, 0.15) is 49.7 Å². The normalized spacial score (nSPS) is 27.2. The summed E-state index contributed by atoms with van der Waals surface area (Å²) in [5.41, 5.74) is 4.03. The van der Waals surface area contributed by atoms with Gasteiger partial charge in [-0.2, -0.15) is 0 Å². The molecule has 0 spiro atoms. The van der Waals surface area contributed by atoms with E-state index in [1.807, 2.05) is 0 Å². The van der Waals surface area contributed by atoms with Crippen molar-refractivity contribution in [2.24, 2.45) is 5.92 Å². The van der Waals surface area contributed by atoms with Crippen LogP contribution >= 0.6 is 11.6 Å². The molecule has 0 amide bonds. The van der Waals surface area contributed by atoms with Gasteiger partial charge in [0.2, 0.25) is 0 Å². The topological polar surface area (TPSA) is 3.24 Å². The van der Waals surface area contributed by atoms with Gasteiger partial charge in [-0.3, -0.25) is 0 Å². The van der Waals surface area contributed by atoms with Crippen molar-refractivity contribution < 1.29 is 0 Å². The van der Waals surface area contributed by atoms with Crippen molar-refractivity contribution in [2.75, 3.05) is 11.4 Å². The Kier molecular flexibility index (Phi) is 4.02. The molecule has 1 aromatic rings. The van der Waals surface area contributed by atoms with Gasteiger partial charge in [0.05, 0.1) is 0 Å². The van der Waals surface area contributed by atoms with E-state index in [1.165, 1.54) is 61.9 Å². The van der Waals surface area contributed by atoms with Crippen molar-refractivity contribution in [1.29, 1.82) is 0 Å². The molecule has 1 aliphatic carbocycles. The first-order chi connectivity index (χ1) is 9.29. The van der Waals surface area contributed by atoms with Crippen LogP contribution in [0.5, 0.6) is 0 Å². The third kappa shape index (κ3) is 2.63. The lowest BCUT2D eigenvalue weighted by Crippen LogP contribution is -2.47. The smallest absolute Gasteiger partial charge is 0.0494 e. The molecule has 2 heteroatoms. The molecule has 1 nitrogen and oxygen atoms in total. The fourth-order valence-corrected chi connectivity index (χ4v) is 4.24. The highest BCUT2D eigenvalue weighted by atomic mass is 35.5. The van der Waals surface area contributed by atoms with Crippen molar-refractivity contribution in [2.45, 2.75) is 57.4 Å². The number of benzene rings is 1. The maximum Gasteiger partial charge on any atom is 0.0494 e. The van der Waals surface area contributed by atoms with Gasteiger partial charge in [0.25, 0.3) is 0 Å². The summed E-state index contributed by atoms with van der Waals surface area (Å²) in [6.45, 7) is 3.37. The van der Waals surface area contributed by atoms with E-state index in [1.54, 1.807) is 0 Å². The highest BCUT2D eigenvalue weighted by molar-refractivity contribution is 6.17. The summed E-state index contributed by atoms with van der Waals surface area (Å²) in [4.78, 5) is 2.67. The predicted molar refractivity (Wildman–Crippen MR) is 83.1 cm³/mol. The van der Waals surface area contributed by atoms with E-state index in [0.29, 0.717) is 5.88 Å². The molecule has 2 fully saturated rings. The van der Waals surface area contributed by atoms with Gasteiger partial charge in [0.1, 0.15) is 0 Å². The molecular formula is C17H24ClN. The Morgan fingerprint density at radius 2 is 1.95 bits per heavy atom. The monoisotopic (exact) mass is 277 g/mol. The van der Waals surface area contributed by atoms with Crippen molar-refractivity contribution in [1.82, 2.24) is 0 Å². The number of aryl methyl sites for hydroxylation is 1. The summed E-state index contributed by atoms with van der Waals surface area (Å²) in [5, 5.41) is 0. The lowest BCUT2D eigenvalue weighted by Gasteiger charge is -2.46. The first-order valence-electron chi connectivity index (χ1n) is 7.71. The molecule has 2 unspecified atom stereocenters. The number of piperidine rings is 1. The van der Waals surface area contributed by atoms with Gasteiger partial charge in [-0.1, -0.05) is 30.5 Å². The van der Waals surface area contributed by atoms with Crippen LogP contribution in [0.15, 0.2) is 18.2 Å². The molecule has 1 saturated heterocycles. The maximum absolute atomic E-state index is 6.17. The average Bonchev–Trinajstić information content (AvgIpc) is 2.46. The van der Waals surface area contributed by atoms with Gasteiger partial charge < -0.3 is 4.90 Å². The second kappa shape index (κ2) is 5.75. The van der Waals surface area contributed by atoms with Crippen LogP contribution in [-0.4, -0.2) is 12.6 Å². The largest absolute Gasteiger partial charge is 0.368 e. The van der Waals surface area contributed by atoms with Crippen LogP contribution in [0.2, 0.25) is 0 Å². The van der Waals surface area contributed by atoms with E-state index in [9.17, 15) is 0 Å². The number of alkyl halides is 1. The maximum atomic E-state index is 6.17. The van der Waals surface area contributed by atoms with Crippen LogP contribution in [0.3, 0.4) is 0 Å². The summed E-state index contributed by atoms with van der Waals surface area (Å²) in [7, 11) is 0. The van der Waals surface area contributed by atoms with E-state index < -0.39 is 0 Å². The minimum absolute atomic E-state index is 0.630. The Hall–Kier alpha value is -0.690. The second-order valence-electron chi connectivity index (χ2n) is 6.21. The second-order valence-corrected chi connectivity index (χ2v) is 6.48. The first kappa shape index (κ1) is 13.3. The molecule has 0 aromatic heterocycles. The number of rotatable bonds is 2. The Morgan fingerprint density at radius 3 is 2.79 bits per heavy atom. The Labute approximate surface area is 121 Å². The SMILES string of the molecule is Cc1ccc(N2CCCC3CCCCC32)c(CCl)c1. The zero-order valence-corrected chi connectivity index (χ0v) is 12.6. The molecule has 0 radical (unpaired) electrons. The van der Waals surface area contributed by atoms with E-state index in [0.717, 1.165) is 12.0 Å². The molecule has 1 aliphatic heterocycles. The van der Waals surface area contributed by atoms with Crippen molar-refractivity contribution in [3.8, 4) is 0 Å². The molecule has 0 bridgehead atoms. The van der Waals surface area contributed by atoms with Crippen LogP contribution in [0, 0.1) is 12.8 Å². The number of nitrogens with zero attached hydrogens (tertiary/aromatic N) is 1. The van der Waals surface area contributed by atoms with E-state index in [-0.39, 0.29) is 0 Å². The Balaban J connectivity index is 1.91. The number of hydrogen-bond acceptors (Lipinski definition) is 1. The fourth-order valence-electron chi connectivity index (χ4n) is 4.03. The van der Waals surface area contributed by atoms with Gasteiger partial charge >= 0.3 is 0 Å². The quantitative estimate of drug-likeness (QED) is 0.696. The van der Waals surface area contributed by atoms with Crippen LogP contribution < -0.4 is 4.90 Å². The highest BCUT2D eigenvalue weighted by Gasteiger charge is 2.33. The molecule has 2 aliphatic rings. The van der Waals surface area contributed by atoms with E-state index >= 15 is 0 Å². The number of fused-ring (bicyclic) bond motifs is 1. The number of halogens is 1. The summed E-state index contributed by atoms with van der Waals surface area (Å²) >= 11 is 6.17. The molecule has 1 saturated carbocycles. The third-order valence-corrected chi connectivity index (χ3v) is 5.22. The zero-order valence-electron chi connectivity index (χ0n) is 11.9. The summed E-state index contributed by atoms with van der Waals surface area (Å²) in [6, 6.07) is 7.56. The van der Waals surface area contributed by atoms with Crippen molar-refractivity contribution >= 4 is 17.3 Å². The highest BCUT2D eigenvalue weighted by Crippen LogP contribution is 2.39.